The minimum atomic E-state index is -0.669. The Morgan fingerprint density at radius 3 is 2.71 bits per heavy atom. The van der Waals surface area contributed by atoms with Crippen LogP contribution in [0.25, 0.3) is 0 Å². The largest absolute Gasteiger partial charge is 0.481 e. The Kier molecular flexibility index (Phi) is 2.50. The third-order valence-corrected chi connectivity index (χ3v) is 4.13. The van der Waals surface area contributed by atoms with E-state index in [-0.39, 0.29) is 11.2 Å². The third kappa shape index (κ3) is 1.52. The minimum absolute atomic E-state index is 0.161. The van der Waals surface area contributed by atoms with Gasteiger partial charge < -0.3 is 5.11 Å². The fourth-order valence-electron chi connectivity index (χ4n) is 1.70. The van der Waals surface area contributed by atoms with Gasteiger partial charge in [0.2, 0.25) is 0 Å². The average Bonchev–Trinajstić information content (AvgIpc) is 2.05. The van der Waals surface area contributed by atoms with Gasteiger partial charge in [0, 0.05) is 11.0 Å². The van der Waals surface area contributed by atoms with E-state index < -0.39 is 5.97 Å². The van der Waals surface area contributed by atoms with Crippen LogP contribution in [-0.2, 0) is 4.79 Å². The SMILES string of the molecule is Cc1ccccc1C1SCC1C(=O)O. The van der Waals surface area contributed by atoms with Crippen LogP contribution in [0.2, 0.25) is 0 Å². The molecule has 0 radical (unpaired) electrons. The van der Waals surface area contributed by atoms with Gasteiger partial charge in [0.15, 0.2) is 0 Å². The summed E-state index contributed by atoms with van der Waals surface area (Å²) in [6, 6.07) is 8.02. The number of aliphatic carboxylic acids is 1. The molecule has 74 valence electrons. The molecule has 3 heteroatoms. The molecule has 1 N–H and O–H groups in total. The van der Waals surface area contributed by atoms with E-state index in [1.54, 1.807) is 11.8 Å². The molecule has 0 aromatic heterocycles. The second-order valence-corrected chi connectivity index (χ2v) is 4.73. The van der Waals surface area contributed by atoms with Crippen LogP contribution in [0.1, 0.15) is 16.4 Å². The lowest BCUT2D eigenvalue weighted by molar-refractivity contribution is -0.141. The van der Waals surface area contributed by atoms with Crippen LogP contribution in [0.4, 0.5) is 0 Å². The van der Waals surface area contributed by atoms with Crippen molar-refractivity contribution in [2.45, 2.75) is 12.2 Å². The van der Waals surface area contributed by atoms with E-state index in [9.17, 15) is 4.79 Å². The monoisotopic (exact) mass is 208 g/mol. The van der Waals surface area contributed by atoms with Crippen molar-refractivity contribution in [1.29, 1.82) is 0 Å². The van der Waals surface area contributed by atoms with Crippen molar-refractivity contribution >= 4 is 17.7 Å². The van der Waals surface area contributed by atoms with Crippen LogP contribution in [0, 0.1) is 12.8 Å². The molecule has 1 heterocycles. The lowest BCUT2D eigenvalue weighted by atomic mass is 9.96. The fourth-order valence-corrected chi connectivity index (χ4v) is 2.98. The van der Waals surface area contributed by atoms with Crippen molar-refractivity contribution in [1.82, 2.24) is 0 Å². The summed E-state index contributed by atoms with van der Waals surface area (Å²) in [5.74, 6) is -0.118. The number of thioether (sulfide) groups is 1. The number of aryl methyl sites for hydroxylation is 1. The molecule has 1 fully saturated rings. The van der Waals surface area contributed by atoms with E-state index in [1.807, 2.05) is 31.2 Å². The van der Waals surface area contributed by atoms with Crippen LogP contribution >= 0.6 is 11.8 Å². The first kappa shape index (κ1) is 9.59. The van der Waals surface area contributed by atoms with Crippen molar-refractivity contribution < 1.29 is 9.90 Å². The standard InChI is InChI=1S/C11H12O2S/c1-7-4-2-3-5-8(7)10-9(6-14-10)11(12)13/h2-5,9-10H,6H2,1H3,(H,12,13). The molecule has 1 saturated heterocycles. The second kappa shape index (κ2) is 3.65. The molecule has 0 amide bonds. The summed E-state index contributed by atoms with van der Waals surface area (Å²) >= 11 is 1.73. The Morgan fingerprint density at radius 1 is 1.50 bits per heavy atom. The Labute approximate surface area is 87.3 Å². The Balaban J connectivity index is 2.24. The second-order valence-electron chi connectivity index (χ2n) is 3.56. The zero-order valence-electron chi connectivity index (χ0n) is 7.93. The van der Waals surface area contributed by atoms with E-state index in [4.69, 9.17) is 5.11 Å². The van der Waals surface area contributed by atoms with Crippen LogP contribution in [-0.4, -0.2) is 16.8 Å². The molecular weight excluding hydrogens is 196 g/mol. The summed E-state index contributed by atoms with van der Waals surface area (Å²) in [7, 11) is 0. The van der Waals surface area contributed by atoms with Crippen LogP contribution in [0.15, 0.2) is 24.3 Å². The molecule has 1 aliphatic heterocycles. The maximum Gasteiger partial charge on any atom is 0.308 e. The maximum atomic E-state index is 10.9. The van der Waals surface area contributed by atoms with Crippen LogP contribution in [0.3, 0.4) is 0 Å². The van der Waals surface area contributed by atoms with Gasteiger partial charge in [-0.3, -0.25) is 4.79 Å². The summed E-state index contributed by atoms with van der Waals surface area (Å²) in [5.41, 5.74) is 2.37. The number of hydrogen-bond donors (Lipinski definition) is 1. The zero-order valence-corrected chi connectivity index (χ0v) is 8.75. The number of carbonyl (C=O) groups is 1. The number of rotatable bonds is 2. The normalized spacial score (nSPS) is 25.5. The van der Waals surface area contributed by atoms with Gasteiger partial charge in [-0.05, 0) is 18.1 Å². The molecular formula is C11H12O2S. The van der Waals surface area contributed by atoms with Gasteiger partial charge in [0.25, 0.3) is 0 Å². The predicted octanol–water partition coefficient (Wildman–Crippen LogP) is 2.48. The quantitative estimate of drug-likeness (QED) is 0.811. The average molecular weight is 208 g/mol. The number of hydrogen-bond acceptors (Lipinski definition) is 2. The summed E-state index contributed by atoms with van der Waals surface area (Å²) in [4.78, 5) is 10.9. The van der Waals surface area contributed by atoms with Crippen molar-refractivity contribution in [3.63, 3.8) is 0 Å². The van der Waals surface area contributed by atoms with E-state index in [0.29, 0.717) is 0 Å². The molecule has 0 saturated carbocycles. The van der Waals surface area contributed by atoms with E-state index in [0.717, 1.165) is 5.75 Å². The van der Waals surface area contributed by atoms with Crippen LogP contribution in [0.5, 0.6) is 0 Å². The molecule has 1 aromatic carbocycles. The number of carboxylic acid groups (broad SMARTS) is 1. The van der Waals surface area contributed by atoms with Gasteiger partial charge in [-0.2, -0.15) is 11.8 Å². The smallest absolute Gasteiger partial charge is 0.308 e. The fraction of sp³-hybridized carbons (Fsp3) is 0.364. The molecule has 2 atom stereocenters. The molecule has 0 spiro atoms. The molecule has 1 aromatic rings. The highest BCUT2D eigenvalue weighted by Crippen LogP contribution is 2.48. The van der Waals surface area contributed by atoms with Gasteiger partial charge in [-0.25, -0.2) is 0 Å². The van der Waals surface area contributed by atoms with E-state index >= 15 is 0 Å². The zero-order chi connectivity index (χ0) is 10.1. The first-order valence-corrected chi connectivity index (χ1v) is 5.65. The summed E-state index contributed by atoms with van der Waals surface area (Å²) < 4.78 is 0. The molecule has 0 bridgehead atoms. The summed E-state index contributed by atoms with van der Waals surface area (Å²) in [5, 5.41) is 9.10. The van der Waals surface area contributed by atoms with E-state index in [2.05, 4.69) is 0 Å². The van der Waals surface area contributed by atoms with Gasteiger partial charge in [-0.1, -0.05) is 24.3 Å². The topological polar surface area (TPSA) is 37.3 Å². The van der Waals surface area contributed by atoms with Gasteiger partial charge >= 0.3 is 5.97 Å². The van der Waals surface area contributed by atoms with Crippen molar-refractivity contribution in [2.24, 2.45) is 5.92 Å². The first-order valence-electron chi connectivity index (χ1n) is 4.60. The maximum absolute atomic E-state index is 10.9. The summed E-state index contributed by atoms with van der Waals surface area (Å²) in [6.45, 7) is 2.03. The number of benzene rings is 1. The van der Waals surface area contributed by atoms with Crippen molar-refractivity contribution in [3.05, 3.63) is 35.4 Å². The minimum Gasteiger partial charge on any atom is -0.481 e. The molecule has 2 nitrogen and oxygen atoms in total. The highest BCUT2D eigenvalue weighted by atomic mass is 32.2. The van der Waals surface area contributed by atoms with Gasteiger partial charge in [0.05, 0.1) is 5.92 Å². The van der Waals surface area contributed by atoms with E-state index in [1.165, 1.54) is 11.1 Å². The van der Waals surface area contributed by atoms with Gasteiger partial charge in [0.1, 0.15) is 0 Å². The molecule has 14 heavy (non-hydrogen) atoms. The molecule has 2 rings (SSSR count). The highest BCUT2D eigenvalue weighted by molar-refractivity contribution is 8.01. The van der Waals surface area contributed by atoms with Crippen molar-refractivity contribution in [2.75, 3.05) is 5.75 Å². The number of carboxylic acids is 1. The molecule has 0 aliphatic carbocycles. The Hall–Kier alpha value is -0.960. The summed E-state index contributed by atoms with van der Waals surface area (Å²) in [6.07, 6.45) is 0. The predicted molar refractivity (Wildman–Crippen MR) is 57.5 cm³/mol. The lowest BCUT2D eigenvalue weighted by Gasteiger charge is -2.33. The Morgan fingerprint density at radius 2 is 2.21 bits per heavy atom. The van der Waals surface area contributed by atoms with Gasteiger partial charge in [-0.15, -0.1) is 0 Å². The molecule has 1 aliphatic rings. The highest BCUT2D eigenvalue weighted by Gasteiger charge is 2.38. The van der Waals surface area contributed by atoms with Crippen LogP contribution < -0.4 is 0 Å². The lowest BCUT2D eigenvalue weighted by Crippen LogP contribution is -2.31. The molecule has 2 unspecified atom stereocenters. The van der Waals surface area contributed by atoms with Crippen molar-refractivity contribution in [3.8, 4) is 0 Å². The third-order valence-electron chi connectivity index (χ3n) is 2.63. The Bertz CT molecular complexity index is 362. The first-order chi connectivity index (χ1) is 6.70.